The van der Waals surface area contributed by atoms with Crippen LogP contribution in [0.4, 0.5) is 4.39 Å². The van der Waals surface area contributed by atoms with Gasteiger partial charge >= 0.3 is 0 Å². The lowest BCUT2D eigenvalue weighted by molar-refractivity contribution is -0.134. The number of imide groups is 1. The summed E-state index contributed by atoms with van der Waals surface area (Å²) in [6, 6.07) is 5.91. The van der Waals surface area contributed by atoms with Crippen molar-refractivity contribution in [2.75, 3.05) is 13.2 Å². The Morgan fingerprint density at radius 1 is 1.25 bits per heavy atom. The minimum absolute atomic E-state index is 0.0787. The molecule has 108 valence electrons. The van der Waals surface area contributed by atoms with Crippen LogP contribution in [0.15, 0.2) is 24.3 Å². The highest BCUT2D eigenvalue weighted by atomic mass is 19.1. The van der Waals surface area contributed by atoms with Crippen molar-refractivity contribution < 1.29 is 18.7 Å². The fraction of sp³-hybridized carbons (Fsp3) is 0.429. The summed E-state index contributed by atoms with van der Waals surface area (Å²) in [5, 5.41) is 2.30. The van der Waals surface area contributed by atoms with Crippen molar-refractivity contribution in [2.45, 2.75) is 24.8 Å². The largest absolute Gasteiger partial charge is 0.377 e. The van der Waals surface area contributed by atoms with Crippen LogP contribution in [0.3, 0.4) is 0 Å². The summed E-state index contributed by atoms with van der Waals surface area (Å²) in [4.78, 5) is 23.2. The molecule has 2 rings (SSSR count). The van der Waals surface area contributed by atoms with Gasteiger partial charge in [-0.25, -0.2) is 4.39 Å². The highest BCUT2D eigenvalue weighted by Crippen LogP contribution is 2.17. The normalized spacial score (nSPS) is 16.3. The summed E-state index contributed by atoms with van der Waals surface area (Å²) in [6.45, 7) is 0.675. The van der Waals surface area contributed by atoms with Gasteiger partial charge in [-0.2, -0.15) is 0 Å². The first kappa shape index (κ1) is 14.6. The molecule has 0 radical (unpaired) electrons. The van der Waals surface area contributed by atoms with E-state index in [9.17, 15) is 14.0 Å². The van der Waals surface area contributed by atoms with E-state index in [0.717, 1.165) is 5.56 Å². The second-order valence-corrected chi connectivity index (χ2v) is 5.13. The van der Waals surface area contributed by atoms with Gasteiger partial charge in [0.1, 0.15) is 5.82 Å². The predicted molar refractivity (Wildman–Crippen MR) is 70.2 cm³/mol. The van der Waals surface area contributed by atoms with Crippen LogP contribution in [0, 0.1) is 5.82 Å². The molecule has 5 nitrogen and oxygen atoms in total. The van der Waals surface area contributed by atoms with Crippen molar-refractivity contribution >= 4 is 11.8 Å². The number of carbonyl (C=O) groups excluding carboxylic acids is 2. The van der Waals surface area contributed by atoms with Crippen LogP contribution in [-0.4, -0.2) is 30.6 Å². The number of rotatable bonds is 5. The molecule has 0 bridgehead atoms. The van der Waals surface area contributed by atoms with E-state index in [-0.39, 0.29) is 30.5 Å². The number of halogens is 1. The van der Waals surface area contributed by atoms with Crippen molar-refractivity contribution in [3.05, 3.63) is 35.6 Å². The first-order chi connectivity index (χ1) is 9.47. The third-order valence-electron chi connectivity index (χ3n) is 3.12. The lowest BCUT2D eigenvalue weighted by atomic mass is 9.94. The summed E-state index contributed by atoms with van der Waals surface area (Å²) in [5.74, 6) is -1.06. The van der Waals surface area contributed by atoms with Gasteiger partial charge in [0.2, 0.25) is 11.8 Å². The Morgan fingerprint density at radius 2 is 1.90 bits per heavy atom. The number of nitrogens with one attached hydrogen (secondary N) is 1. The molecule has 0 aliphatic carbocycles. The van der Waals surface area contributed by atoms with Gasteiger partial charge < -0.3 is 10.5 Å². The summed E-state index contributed by atoms with van der Waals surface area (Å²) in [5.41, 5.74) is 6.03. The van der Waals surface area contributed by atoms with Gasteiger partial charge in [0.05, 0.1) is 18.8 Å². The summed E-state index contributed by atoms with van der Waals surface area (Å²) < 4.78 is 17.6. The van der Waals surface area contributed by atoms with E-state index < -0.39 is 5.54 Å². The van der Waals surface area contributed by atoms with E-state index in [2.05, 4.69) is 5.32 Å². The number of aryl methyl sites for hydroxylation is 1. The minimum atomic E-state index is -0.638. The van der Waals surface area contributed by atoms with E-state index in [1.807, 2.05) is 0 Å². The molecule has 1 aromatic carbocycles. The van der Waals surface area contributed by atoms with Gasteiger partial charge in [0.15, 0.2) is 0 Å². The van der Waals surface area contributed by atoms with Gasteiger partial charge in [-0.05, 0) is 24.1 Å². The standard InChI is InChI=1S/C14H17FN2O3/c15-11-4-1-10(2-5-11)3-6-12(18)17-13(19)7-14(16)8-20-9-14/h1-2,4-5H,3,6-9,16H2,(H,17,18,19). The molecule has 1 saturated heterocycles. The molecule has 1 aromatic rings. The maximum atomic E-state index is 12.7. The summed E-state index contributed by atoms with van der Waals surface area (Å²) in [6.07, 6.45) is 0.705. The van der Waals surface area contributed by atoms with E-state index in [1.165, 1.54) is 12.1 Å². The molecule has 2 amide bonds. The Bertz CT molecular complexity index is 498. The molecule has 0 spiro atoms. The SMILES string of the molecule is NC1(CC(=O)NC(=O)CCc2ccc(F)cc2)COC1. The molecule has 0 saturated carbocycles. The molecular weight excluding hydrogens is 263 g/mol. The average Bonchev–Trinajstić information content (AvgIpc) is 2.36. The summed E-state index contributed by atoms with van der Waals surface area (Å²) >= 11 is 0. The Kier molecular flexibility index (Phi) is 4.46. The van der Waals surface area contributed by atoms with Crippen molar-refractivity contribution in [3.63, 3.8) is 0 Å². The van der Waals surface area contributed by atoms with Crippen LogP contribution >= 0.6 is 0 Å². The van der Waals surface area contributed by atoms with Crippen LogP contribution in [0.5, 0.6) is 0 Å². The lowest BCUT2D eigenvalue weighted by Crippen LogP contribution is -2.59. The van der Waals surface area contributed by atoms with Gasteiger partial charge in [-0.1, -0.05) is 12.1 Å². The Balaban J connectivity index is 1.72. The Labute approximate surface area is 116 Å². The fourth-order valence-corrected chi connectivity index (χ4v) is 1.96. The zero-order chi connectivity index (χ0) is 14.6. The second-order valence-electron chi connectivity index (χ2n) is 5.13. The molecule has 0 unspecified atom stereocenters. The zero-order valence-corrected chi connectivity index (χ0v) is 11.0. The van der Waals surface area contributed by atoms with Gasteiger partial charge in [-0.15, -0.1) is 0 Å². The van der Waals surface area contributed by atoms with Gasteiger partial charge in [0, 0.05) is 12.8 Å². The Morgan fingerprint density at radius 3 is 2.45 bits per heavy atom. The van der Waals surface area contributed by atoms with E-state index in [1.54, 1.807) is 12.1 Å². The molecule has 6 heteroatoms. The fourth-order valence-electron chi connectivity index (χ4n) is 1.96. The predicted octanol–water partition coefficient (Wildman–Crippen LogP) is 0.519. The molecule has 1 heterocycles. The van der Waals surface area contributed by atoms with Crippen molar-refractivity contribution in [2.24, 2.45) is 5.73 Å². The number of hydrogen-bond donors (Lipinski definition) is 2. The molecular formula is C14H17FN2O3. The van der Waals surface area contributed by atoms with Crippen LogP contribution in [0.2, 0.25) is 0 Å². The van der Waals surface area contributed by atoms with Crippen molar-refractivity contribution in [1.29, 1.82) is 0 Å². The van der Waals surface area contributed by atoms with Crippen molar-refractivity contribution in [3.8, 4) is 0 Å². The molecule has 1 fully saturated rings. The number of ether oxygens (including phenoxy) is 1. The average molecular weight is 280 g/mol. The zero-order valence-electron chi connectivity index (χ0n) is 11.0. The third-order valence-corrected chi connectivity index (χ3v) is 3.12. The van der Waals surface area contributed by atoms with Crippen LogP contribution in [0.1, 0.15) is 18.4 Å². The van der Waals surface area contributed by atoms with E-state index >= 15 is 0 Å². The van der Waals surface area contributed by atoms with Crippen LogP contribution in [-0.2, 0) is 20.7 Å². The third kappa shape index (κ3) is 4.11. The topological polar surface area (TPSA) is 81.4 Å². The highest BCUT2D eigenvalue weighted by molar-refractivity contribution is 5.95. The molecule has 1 aliphatic rings. The number of nitrogens with two attached hydrogens (primary N) is 1. The Hall–Kier alpha value is -1.79. The molecule has 3 N–H and O–H groups in total. The molecule has 1 aliphatic heterocycles. The van der Waals surface area contributed by atoms with Gasteiger partial charge in [0.25, 0.3) is 0 Å². The molecule has 0 atom stereocenters. The maximum absolute atomic E-state index is 12.7. The van der Waals surface area contributed by atoms with Crippen molar-refractivity contribution in [1.82, 2.24) is 5.32 Å². The van der Waals surface area contributed by atoms with Gasteiger partial charge in [-0.3, -0.25) is 14.9 Å². The van der Waals surface area contributed by atoms with Crippen LogP contribution < -0.4 is 11.1 Å². The highest BCUT2D eigenvalue weighted by Gasteiger charge is 2.36. The monoisotopic (exact) mass is 280 g/mol. The number of hydrogen-bond acceptors (Lipinski definition) is 4. The number of amides is 2. The first-order valence-corrected chi connectivity index (χ1v) is 6.41. The minimum Gasteiger partial charge on any atom is -0.377 e. The lowest BCUT2D eigenvalue weighted by Gasteiger charge is -2.36. The molecule has 0 aromatic heterocycles. The molecule has 20 heavy (non-hydrogen) atoms. The first-order valence-electron chi connectivity index (χ1n) is 6.41. The van der Waals surface area contributed by atoms with E-state index in [4.69, 9.17) is 10.5 Å². The smallest absolute Gasteiger partial charge is 0.228 e. The number of carbonyl (C=O) groups is 2. The van der Waals surface area contributed by atoms with Crippen LogP contribution in [0.25, 0.3) is 0 Å². The summed E-state index contributed by atoms with van der Waals surface area (Å²) in [7, 11) is 0. The van der Waals surface area contributed by atoms with E-state index in [0.29, 0.717) is 19.6 Å². The quantitative estimate of drug-likeness (QED) is 0.824. The number of benzene rings is 1. The maximum Gasteiger partial charge on any atom is 0.228 e. The second kappa shape index (κ2) is 6.11.